The van der Waals surface area contributed by atoms with Crippen LogP contribution in [-0.2, 0) is 4.74 Å². The van der Waals surface area contributed by atoms with Gasteiger partial charge in [0.15, 0.2) is 0 Å². The van der Waals surface area contributed by atoms with Gasteiger partial charge in [-0.15, -0.1) is 0 Å². The summed E-state index contributed by atoms with van der Waals surface area (Å²) in [6.07, 6.45) is 0.456. The predicted octanol–water partition coefficient (Wildman–Crippen LogP) is 1.87. The Balaban J connectivity index is 2.05. The standard InChI is InChI=1S/C12H17ClN2O2/c1-8-12(16,5-6-17-8)7-15-10-4-2-3-9(13)11(10)14/h2-4,8,15-16H,5-7,14H2,1H3. The van der Waals surface area contributed by atoms with Crippen LogP contribution < -0.4 is 11.1 Å². The average molecular weight is 257 g/mol. The zero-order chi connectivity index (χ0) is 12.5. The van der Waals surface area contributed by atoms with Crippen molar-refractivity contribution in [2.24, 2.45) is 0 Å². The molecule has 1 saturated heterocycles. The van der Waals surface area contributed by atoms with E-state index >= 15 is 0 Å². The Labute approximate surface area is 106 Å². The maximum absolute atomic E-state index is 10.3. The number of ether oxygens (including phenoxy) is 1. The Hall–Kier alpha value is -0.970. The third-order valence-electron chi connectivity index (χ3n) is 3.30. The number of benzene rings is 1. The van der Waals surface area contributed by atoms with Crippen molar-refractivity contribution in [3.05, 3.63) is 23.2 Å². The van der Waals surface area contributed by atoms with Crippen LogP contribution in [0.15, 0.2) is 18.2 Å². The molecule has 4 N–H and O–H groups in total. The average Bonchev–Trinajstić information content (AvgIpc) is 2.62. The molecule has 2 unspecified atom stereocenters. The summed E-state index contributed by atoms with van der Waals surface area (Å²) in [4.78, 5) is 0. The van der Waals surface area contributed by atoms with E-state index < -0.39 is 5.60 Å². The van der Waals surface area contributed by atoms with E-state index in [-0.39, 0.29) is 6.10 Å². The van der Waals surface area contributed by atoms with Gasteiger partial charge in [-0.3, -0.25) is 0 Å². The van der Waals surface area contributed by atoms with E-state index in [9.17, 15) is 5.11 Å². The van der Waals surface area contributed by atoms with Crippen molar-refractivity contribution in [1.82, 2.24) is 0 Å². The number of nitrogens with two attached hydrogens (primary N) is 1. The summed E-state index contributed by atoms with van der Waals surface area (Å²) < 4.78 is 5.36. The van der Waals surface area contributed by atoms with Gasteiger partial charge in [0.1, 0.15) is 5.60 Å². The first kappa shape index (κ1) is 12.5. The van der Waals surface area contributed by atoms with Crippen LogP contribution in [-0.4, -0.2) is 30.0 Å². The second-order valence-electron chi connectivity index (χ2n) is 4.42. The molecule has 1 aromatic rings. The van der Waals surface area contributed by atoms with E-state index in [0.717, 1.165) is 5.69 Å². The zero-order valence-electron chi connectivity index (χ0n) is 9.74. The first-order valence-electron chi connectivity index (χ1n) is 5.65. The molecule has 1 aromatic carbocycles. The summed E-state index contributed by atoms with van der Waals surface area (Å²) in [6, 6.07) is 5.39. The summed E-state index contributed by atoms with van der Waals surface area (Å²) in [7, 11) is 0. The molecule has 0 saturated carbocycles. The van der Waals surface area contributed by atoms with E-state index in [1.54, 1.807) is 6.07 Å². The summed E-state index contributed by atoms with van der Waals surface area (Å²) in [5, 5.41) is 14.0. The van der Waals surface area contributed by atoms with Crippen LogP contribution in [0.2, 0.25) is 5.02 Å². The number of nitrogens with one attached hydrogen (secondary N) is 1. The van der Waals surface area contributed by atoms with Crippen LogP contribution in [0.5, 0.6) is 0 Å². The van der Waals surface area contributed by atoms with Crippen molar-refractivity contribution in [3.63, 3.8) is 0 Å². The van der Waals surface area contributed by atoms with Gasteiger partial charge >= 0.3 is 0 Å². The lowest BCUT2D eigenvalue weighted by molar-refractivity contribution is -0.0175. The normalized spacial score (nSPS) is 28.3. The topological polar surface area (TPSA) is 67.5 Å². The number of rotatable bonds is 3. The minimum atomic E-state index is -0.839. The molecule has 1 heterocycles. The predicted molar refractivity (Wildman–Crippen MR) is 69.3 cm³/mol. The molecule has 1 fully saturated rings. The summed E-state index contributed by atoms with van der Waals surface area (Å²) >= 11 is 5.92. The number of nitrogen functional groups attached to an aromatic ring is 1. The SMILES string of the molecule is CC1OCCC1(O)CNc1cccc(Cl)c1N. The molecule has 0 radical (unpaired) electrons. The number of hydrogen-bond donors (Lipinski definition) is 3. The molecule has 0 aromatic heterocycles. The van der Waals surface area contributed by atoms with Gasteiger partial charge in [-0.25, -0.2) is 0 Å². The van der Waals surface area contributed by atoms with Crippen molar-refractivity contribution in [2.75, 3.05) is 24.2 Å². The highest BCUT2D eigenvalue weighted by molar-refractivity contribution is 6.33. The molecule has 5 heteroatoms. The molecule has 4 nitrogen and oxygen atoms in total. The highest BCUT2D eigenvalue weighted by Crippen LogP contribution is 2.30. The maximum Gasteiger partial charge on any atom is 0.110 e. The van der Waals surface area contributed by atoms with E-state index in [1.165, 1.54) is 0 Å². The molecule has 0 spiro atoms. The smallest absolute Gasteiger partial charge is 0.110 e. The number of hydrogen-bond acceptors (Lipinski definition) is 4. The van der Waals surface area contributed by atoms with Crippen molar-refractivity contribution < 1.29 is 9.84 Å². The number of aliphatic hydroxyl groups is 1. The molecular formula is C12H17ClN2O2. The largest absolute Gasteiger partial charge is 0.396 e. The van der Waals surface area contributed by atoms with Crippen molar-refractivity contribution in [2.45, 2.75) is 25.0 Å². The zero-order valence-corrected chi connectivity index (χ0v) is 10.5. The molecule has 2 rings (SSSR count). The molecular weight excluding hydrogens is 240 g/mol. The molecule has 17 heavy (non-hydrogen) atoms. The lowest BCUT2D eigenvalue weighted by Crippen LogP contribution is -2.43. The fraction of sp³-hybridized carbons (Fsp3) is 0.500. The highest BCUT2D eigenvalue weighted by atomic mass is 35.5. The quantitative estimate of drug-likeness (QED) is 0.723. The van der Waals surface area contributed by atoms with Crippen molar-refractivity contribution >= 4 is 23.0 Å². The first-order valence-corrected chi connectivity index (χ1v) is 6.02. The van der Waals surface area contributed by atoms with Crippen LogP contribution in [0.4, 0.5) is 11.4 Å². The lowest BCUT2D eigenvalue weighted by atomic mass is 9.96. The molecule has 0 amide bonds. The van der Waals surface area contributed by atoms with E-state index in [4.69, 9.17) is 22.1 Å². The number of para-hydroxylation sites is 1. The van der Waals surface area contributed by atoms with Gasteiger partial charge in [-0.2, -0.15) is 0 Å². The molecule has 2 atom stereocenters. The van der Waals surface area contributed by atoms with Gasteiger partial charge in [0.05, 0.1) is 22.5 Å². The summed E-state index contributed by atoms with van der Waals surface area (Å²) in [5.74, 6) is 0. The van der Waals surface area contributed by atoms with E-state index in [1.807, 2.05) is 19.1 Å². The minimum absolute atomic E-state index is 0.171. The second-order valence-corrected chi connectivity index (χ2v) is 4.83. The van der Waals surface area contributed by atoms with Crippen molar-refractivity contribution in [1.29, 1.82) is 0 Å². The Bertz CT molecular complexity index is 413. The van der Waals surface area contributed by atoms with Gasteiger partial charge < -0.3 is 20.9 Å². The number of anilines is 2. The van der Waals surface area contributed by atoms with Gasteiger partial charge in [0.2, 0.25) is 0 Å². The molecule has 0 bridgehead atoms. The van der Waals surface area contributed by atoms with Crippen LogP contribution in [0.1, 0.15) is 13.3 Å². The Morgan fingerprint density at radius 3 is 3.06 bits per heavy atom. The second kappa shape index (κ2) is 4.72. The molecule has 1 aliphatic heterocycles. The Morgan fingerprint density at radius 1 is 1.65 bits per heavy atom. The van der Waals surface area contributed by atoms with Crippen LogP contribution in [0, 0.1) is 0 Å². The third kappa shape index (κ3) is 2.49. The lowest BCUT2D eigenvalue weighted by Gasteiger charge is -2.27. The van der Waals surface area contributed by atoms with Crippen LogP contribution >= 0.6 is 11.6 Å². The van der Waals surface area contributed by atoms with Gasteiger partial charge in [-0.05, 0) is 19.1 Å². The van der Waals surface area contributed by atoms with Gasteiger partial charge in [0, 0.05) is 19.6 Å². The van der Waals surface area contributed by atoms with Gasteiger partial charge in [0.25, 0.3) is 0 Å². The summed E-state index contributed by atoms with van der Waals surface area (Å²) in [6.45, 7) is 2.86. The van der Waals surface area contributed by atoms with Crippen molar-refractivity contribution in [3.8, 4) is 0 Å². The van der Waals surface area contributed by atoms with Gasteiger partial charge in [-0.1, -0.05) is 17.7 Å². The van der Waals surface area contributed by atoms with E-state index in [0.29, 0.717) is 30.3 Å². The van der Waals surface area contributed by atoms with Crippen LogP contribution in [0.25, 0.3) is 0 Å². The van der Waals surface area contributed by atoms with E-state index in [2.05, 4.69) is 5.32 Å². The third-order valence-corrected chi connectivity index (χ3v) is 3.63. The minimum Gasteiger partial charge on any atom is -0.396 e. The molecule has 0 aliphatic carbocycles. The number of halogens is 1. The molecule has 1 aliphatic rings. The maximum atomic E-state index is 10.3. The Morgan fingerprint density at radius 2 is 2.41 bits per heavy atom. The fourth-order valence-corrected chi connectivity index (χ4v) is 2.12. The monoisotopic (exact) mass is 256 g/mol. The molecule has 94 valence electrons. The van der Waals surface area contributed by atoms with Crippen LogP contribution in [0.3, 0.4) is 0 Å². The Kier molecular flexibility index (Phi) is 3.47. The fourth-order valence-electron chi connectivity index (χ4n) is 1.94. The highest BCUT2D eigenvalue weighted by Gasteiger charge is 2.39. The first-order chi connectivity index (χ1) is 8.03. The summed E-state index contributed by atoms with van der Waals surface area (Å²) in [5.41, 5.74) is 6.24.